The lowest BCUT2D eigenvalue weighted by Crippen LogP contribution is -2.45. The van der Waals surface area contributed by atoms with Gasteiger partial charge in [0.15, 0.2) is 0 Å². The van der Waals surface area contributed by atoms with Gasteiger partial charge in [-0.3, -0.25) is 9.59 Å². The van der Waals surface area contributed by atoms with Crippen molar-refractivity contribution in [3.63, 3.8) is 0 Å². The average molecular weight is 228 g/mol. The Labute approximate surface area is 95.4 Å². The molecule has 0 heterocycles. The minimum absolute atomic E-state index is 0.123. The van der Waals surface area contributed by atoms with Crippen molar-refractivity contribution < 1.29 is 9.59 Å². The molecule has 0 aromatic rings. The van der Waals surface area contributed by atoms with E-state index in [-0.39, 0.29) is 18.4 Å². The standard InChI is InChI=1S/C10H20N4O2/c1-7(2)9(15)13-4-3-5-14-10(16)8(12)6-11/h8H,1,3-6,11-12H2,2H3,(H,13,15)(H,14,16)/t8-/m0/s1. The van der Waals surface area contributed by atoms with Crippen LogP contribution in [-0.4, -0.2) is 37.5 Å². The Morgan fingerprint density at radius 1 is 1.31 bits per heavy atom. The molecule has 0 rings (SSSR count). The van der Waals surface area contributed by atoms with E-state index in [2.05, 4.69) is 17.2 Å². The Morgan fingerprint density at radius 3 is 2.38 bits per heavy atom. The van der Waals surface area contributed by atoms with E-state index >= 15 is 0 Å². The molecule has 6 N–H and O–H groups in total. The third-order valence-corrected chi connectivity index (χ3v) is 1.92. The summed E-state index contributed by atoms with van der Waals surface area (Å²) in [6.07, 6.45) is 0.641. The van der Waals surface area contributed by atoms with Gasteiger partial charge in [0.25, 0.3) is 0 Å². The van der Waals surface area contributed by atoms with Gasteiger partial charge in [-0.2, -0.15) is 0 Å². The second-order valence-electron chi connectivity index (χ2n) is 3.52. The SMILES string of the molecule is C=C(C)C(=O)NCCCNC(=O)[C@@H](N)CN. The van der Waals surface area contributed by atoms with E-state index in [0.717, 1.165) is 0 Å². The normalized spacial score (nSPS) is 11.7. The summed E-state index contributed by atoms with van der Waals surface area (Å²) < 4.78 is 0. The molecule has 0 aliphatic rings. The molecule has 6 nitrogen and oxygen atoms in total. The van der Waals surface area contributed by atoms with Gasteiger partial charge in [-0.15, -0.1) is 0 Å². The predicted molar refractivity (Wildman–Crippen MR) is 62.5 cm³/mol. The van der Waals surface area contributed by atoms with Crippen molar-refractivity contribution in [2.45, 2.75) is 19.4 Å². The molecular formula is C10H20N4O2. The maximum Gasteiger partial charge on any atom is 0.246 e. The number of nitrogens with two attached hydrogens (primary N) is 2. The van der Waals surface area contributed by atoms with E-state index < -0.39 is 6.04 Å². The van der Waals surface area contributed by atoms with Crippen molar-refractivity contribution in [2.75, 3.05) is 19.6 Å². The first-order valence-corrected chi connectivity index (χ1v) is 5.16. The summed E-state index contributed by atoms with van der Waals surface area (Å²) in [5.41, 5.74) is 11.1. The molecule has 2 amide bonds. The Hall–Kier alpha value is -1.40. The van der Waals surface area contributed by atoms with E-state index in [0.29, 0.717) is 25.1 Å². The van der Waals surface area contributed by atoms with Crippen molar-refractivity contribution in [1.82, 2.24) is 10.6 Å². The van der Waals surface area contributed by atoms with E-state index in [1.54, 1.807) is 6.92 Å². The zero-order valence-corrected chi connectivity index (χ0v) is 9.58. The molecule has 0 aliphatic heterocycles. The summed E-state index contributed by atoms with van der Waals surface area (Å²) >= 11 is 0. The summed E-state index contributed by atoms with van der Waals surface area (Å²) in [5.74, 6) is -0.446. The fraction of sp³-hybridized carbons (Fsp3) is 0.600. The maximum atomic E-state index is 11.2. The van der Waals surface area contributed by atoms with Crippen LogP contribution in [0.4, 0.5) is 0 Å². The molecule has 0 unspecified atom stereocenters. The van der Waals surface area contributed by atoms with Crippen LogP contribution < -0.4 is 22.1 Å². The van der Waals surface area contributed by atoms with Crippen LogP contribution in [0.15, 0.2) is 12.2 Å². The molecule has 0 saturated heterocycles. The third-order valence-electron chi connectivity index (χ3n) is 1.92. The zero-order chi connectivity index (χ0) is 12.6. The van der Waals surface area contributed by atoms with Crippen LogP contribution in [0.3, 0.4) is 0 Å². The molecule has 0 aromatic heterocycles. The van der Waals surface area contributed by atoms with Crippen LogP contribution in [0.1, 0.15) is 13.3 Å². The Balaban J connectivity index is 3.51. The van der Waals surface area contributed by atoms with Crippen LogP contribution in [-0.2, 0) is 9.59 Å². The largest absolute Gasteiger partial charge is 0.355 e. The molecule has 0 aromatic carbocycles. The van der Waals surface area contributed by atoms with Gasteiger partial charge in [0, 0.05) is 25.2 Å². The molecular weight excluding hydrogens is 208 g/mol. The molecule has 1 atom stereocenters. The first-order chi connectivity index (χ1) is 7.49. The number of rotatable bonds is 7. The summed E-state index contributed by atoms with van der Waals surface area (Å²) in [7, 11) is 0. The minimum atomic E-state index is -0.662. The summed E-state index contributed by atoms with van der Waals surface area (Å²) in [6, 6.07) is -0.662. The van der Waals surface area contributed by atoms with Crippen molar-refractivity contribution in [2.24, 2.45) is 11.5 Å². The minimum Gasteiger partial charge on any atom is -0.355 e. The van der Waals surface area contributed by atoms with Crippen molar-refractivity contribution in [1.29, 1.82) is 0 Å². The zero-order valence-electron chi connectivity index (χ0n) is 9.58. The second kappa shape index (κ2) is 7.84. The fourth-order valence-corrected chi connectivity index (χ4v) is 0.891. The molecule has 0 spiro atoms. The van der Waals surface area contributed by atoms with E-state index in [1.165, 1.54) is 0 Å². The lowest BCUT2D eigenvalue weighted by atomic mass is 10.3. The smallest absolute Gasteiger partial charge is 0.246 e. The van der Waals surface area contributed by atoms with E-state index in [1.807, 2.05) is 0 Å². The number of carbonyl (C=O) groups excluding carboxylic acids is 2. The van der Waals surface area contributed by atoms with Crippen molar-refractivity contribution in [3.8, 4) is 0 Å². The van der Waals surface area contributed by atoms with Gasteiger partial charge in [-0.05, 0) is 13.3 Å². The molecule has 0 fully saturated rings. The first kappa shape index (κ1) is 14.6. The van der Waals surface area contributed by atoms with Crippen molar-refractivity contribution >= 4 is 11.8 Å². The monoisotopic (exact) mass is 228 g/mol. The maximum absolute atomic E-state index is 11.2. The molecule has 0 radical (unpaired) electrons. The summed E-state index contributed by atoms with van der Waals surface area (Å²) in [4.78, 5) is 22.2. The number of hydrogen-bond acceptors (Lipinski definition) is 4. The molecule has 6 heteroatoms. The molecule has 0 aliphatic carbocycles. The summed E-state index contributed by atoms with van der Waals surface area (Å²) in [5, 5.41) is 5.27. The number of carbonyl (C=O) groups is 2. The van der Waals surface area contributed by atoms with Crippen molar-refractivity contribution in [3.05, 3.63) is 12.2 Å². The highest BCUT2D eigenvalue weighted by atomic mass is 16.2. The highest BCUT2D eigenvalue weighted by Crippen LogP contribution is 1.85. The highest BCUT2D eigenvalue weighted by molar-refractivity contribution is 5.92. The van der Waals surface area contributed by atoms with Gasteiger partial charge in [-0.1, -0.05) is 6.58 Å². The van der Waals surface area contributed by atoms with Gasteiger partial charge in [0.05, 0.1) is 6.04 Å². The number of hydrogen-bond donors (Lipinski definition) is 4. The molecule has 0 saturated carbocycles. The highest BCUT2D eigenvalue weighted by Gasteiger charge is 2.09. The second-order valence-corrected chi connectivity index (χ2v) is 3.52. The first-order valence-electron chi connectivity index (χ1n) is 5.16. The molecule has 92 valence electrons. The van der Waals surface area contributed by atoms with Gasteiger partial charge in [-0.25, -0.2) is 0 Å². The van der Waals surface area contributed by atoms with Crippen LogP contribution >= 0.6 is 0 Å². The Kier molecular flexibility index (Phi) is 7.15. The predicted octanol–water partition coefficient (Wildman–Crippen LogP) is -1.53. The topological polar surface area (TPSA) is 110 Å². The van der Waals surface area contributed by atoms with E-state index in [9.17, 15) is 9.59 Å². The van der Waals surface area contributed by atoms with Gasteiger partial charge < -0.3 is 22.1 Å². The third kappa shape index (κ3) is 6.15. The lowest BCUT2D eigenvalue weighted by Gasteiger charge is -2.10. The molecule has 16 heavy (non-hydrogen) atoms. The quantitative estimate of drug-likeness (QED) is 0.313. The van der Waals surface area contributed by atoms with Gasteiger partial charge in [0.2, 0.25) is 11.8 Å². The van der Waals surface area contributed by atoms with Crippen LogP contribution in [0, 0.1) is 0 Å². The average Bonchev–Trinajstić information content (AvgIpc) is 2.26. The van der Waals surface area contributed by atoms with Gasteiger partial charge >= 0.3 is 0 Å². The Bertz CT molecular complexity index is 266. The van der Waals surface area contributed by atoms with Crippen LogP contribution in [0.5, 0.6) is 0 Å². The fourth-order valence-electron chi connectivity index (χ4n) is 0.891. The Morgan fingerprint density at radius 2 is 1.88 bits per heavy atom. The molecule has 0 bridgehead atoms. The number of amides is 2. The summed E-state index contributed by atoms with van der Waals surface area (Å²) in [6.45, 7) is 6.22. The van der Waals surface area contributed by atoms with Crippen LogP contribution in [0.25, 0.3) is 0 Å². The van der Waals surface area contributed by atoms with E-state index in [4.69, 9.17) is 11.5 Å². The van der Waals surface area contributed by atoms with Crippen LogP contribution in [0.2, 0.25) is 0 Å². The lowest BCUT2D eigenvalue weighted by molar-refractivity contribution is -0.122. The number of nitrogens with one attached hydrogen (secondary N) is 2. The van der Waals surface area contributed by atoms with Gasteiger partial charge in [0.1, 0.15) is 0 Å².